The standard InChI is InChI=1S/C12H25N3O2S/c13-5-1-2-10-18(16,17)15-8-6-14(7-9-15)11-12-3-4-12/h12H,1-11,13H2. The second-order valence-corrected chi connectivity index (χ2v) is 7.54. The summed E-state index contributed by atoms with van der Waals surface area (Å²) in [5, 5.41) is 0. The monoisotopic (exact) mass is 275 g/mol. The molecule has 2 aliphatic rings. The van der Waals surface area contributed by atoms with Crippen molar-refractivity contribution < 1.29 is 8.42 Å². The molecule has 1 aliphatic carbocycles. The first kappa shape index (κ1) is 14.2. The van der Waals surface area contributed by atoms with E-state index in [2.05, 4.69) is 4.90 Å². The van der Waals surface area contributed by atoms with Gasteiger partial charge in [-0.15, -0.1) is 0 Å². The summed E-state index contributed by atoms with van der Waals surface area (Å²) < 4.78 is 25.8. The van der Waals surface area contributed by atoms with E-state index in [1.807, 2.05) is 0 Å². The van der Waals surface area contributed by atoms with Crippen LogP contribution in [0.5, 0.6) is 0 Å². The number of nitrogens with zero attached hydrogens (tertiary/aromatic N) is 2. The molecule has 5 nitrogen and oxygen atoms in total. The fourth-order valence-electron chi connectivity index (χ4n) is 2.41. The van der Waals surface area contributed by atoms with Crippen LogP contribution < -0.4 is 5.73 Å². The largest absolute Gasteiger partial charge is 0.330 e. The van der Waals surface area contributed by atoms with Gasteiger partial charge in [-0.25, -0.2) is 8.42 Å². The van der Waals surface area contributed by atoms with E-state index in [4.69, 9.17) is 5.73 Å². The van der Waals surface area contributed by atoms with Gasteiger partial charge in [0.15, 0.2) is 0 Å². The lowest BCUT2D eigenvalue weighted by Crippen LogP contribution is -2.49. The van der Waals surface area contributed by atoms with Gasteiger partial charge in [0, 0.05) is 32.7 Å². The van der Waals surface area contributed by atoms with Gasteiger partial charge in [0.1, 0.15) is 0 Å². The van der Waals surface area contributed by atoms with Gasteiger partial charge in [-0.05, 0) is 38.1 Å². The quantitative estimate of drug-likeness (QED) is 0.668. The molecule has 0 bridgehead atoms. The van der Waals surface area contributed by atoms with Crippen LogP contribution in [0.3, 0.4) is 0 Å². The second-order valence-electron chi connectivity index (χ2n) is 5.45. The molecule has 0 aromatic rings. The Morgan fingerprint density at radius 3 is 2.28 bits per heavy atom. The number of hydrogen-bond donors (Lipinski definition) is 1. The highest BCUT2D eigenvalue weighted by molar-refractivity contribution is 7.89. The van der Waals surface area contributed by atoms with Gasteiger partial charge in [0.2, 0.25) is 10.0 Å². The third-order valence-corrected chi connectivity index (χ3v) is 5.75. The molecule has 0 unspecified atom stereocenters. The predicted molar refractivity (Wildman–Crippen MR) is 72.8 cm³/mol. The molecule has 1 aliphatic heterocycles. The average molecular weight is 275 g/mol. The van der Waals surface area contributed by atoms with Crippen LogP contribution in [-0.4, -0.2) is 62.6 Å². The molecule has 0 aromatic heterocycles. The fraction of sp³-hybridized carbons (Fsp3) is 1.00. The third-order valence-electron chi connectivity index (χ3n) is 3.79. The Hall–Kier alpha value is -0.170. The minimum Gasteiger partial charge on any atom is -0.330 e. The van der Waals surface area contributed by atoms with Crippen molar-refractivity contribution in [2.75, 3.05) is 45.0 Å². The van der Waals surface area contributed by atoms with Crippen molar-refractivity contribution in [3.8, 4) is 0 Å². The van der Waals surface area contributed by atoms with E-state index in [9.17, 15) is 8.42 Å². The Bertz CT molecular complexity index is 346. The number of sulfonamides is 1. The first-order valence-electron chi connectivity index (χ1n) is 7.02. The fourth-order valence-corrected chi connectivity index (χ4v) is 3.96. The molecular weight excluding hydrogens is 250 g/mol. The van der Waals surface area contributed by atoms with Crippen LogP contribution in [0.25, 0.3) is 0 Å². The molecule has 1 saturated heterocycles. The van der Waals surface area contributed by atoms with Gasteiger partial charge < -0.3 is 10.6 Å². The van der Waals surface area contributed by atoms with Crippen LogP contribution in [-0.2, 0) is 10.0 Å². The molecule has 2 fully saturated rings. The summed E-state index contributed by atoms with van der Waals surface area (Å²) in [6.45, 7) is 4.86. The van der Waals surface area contributed by atoms with Crippen LogP contribution in [0.15, 0.2) is 0 Å². The van der Waals surface area contributed by atoms with Crippen molar-refractivity contribution in [1.29, 1.82) is 0 Å². The van der Waals surface area contributed by atoms with E-state index in [0.29, 0.717) is 26.1 Å². The molecule has 1 saturated carbocycles. The van der Waals surface area contributed by atoms with E-state index in [1.54, 1.807) is 4.31 Å². The molecule has 6 heteroatoms. The molecule has 106 valence electrons. The van der Waals surface area contributed by atoms with E-state index < -0.39 is 10.0 Å². The minimum absolute atomic E-state index is 0.257. The first-order chi connectivity index (χ1) is 8.62. The lowest BCUT2D eigenvalue weighted by Gasteiger charge is -2.34. The maximum atomic E-state index is 12.1. The zero-order valence-corrected chi connectivity index (χ0v) is 11.9. The maximum absolute atomic E-state index is 12.1. The summed E-state index contributed by atoms with van der Waals surface area (Å²) in [6.07, 6.45) is 4.19. The molecule has 0 atom stereocenters. The van der Waals surface area contributed by atoms with E-state index in [1.165, 1.54) is 19.4 Å². The van der Waals surface area contributed by atoms with E-state index in [-0.39, 0.29) is 5.75 Å². The molecule has 0 radical (unpaired) electrons. The summed E-state index contributed by atoms with van der Waals surface area (Å²) in [5.41, 5.74) is 5.39. The third kappa shape index (κ3) is 4.19. The summed E-state index contributed by atoms with van der Waals surface area (Å²) >= 11 is 0. The normalized spacial score (nSPS) is 23.4. The van der Waals surface area contributed by atoms with Crippen molar-refractivity contribution in [3.63, 3.8) is 0 Å². The summed E-state index contributed by atoms with van der Waals surface area (Å²) in [4.78, 5) is 2.41. The van der Waals surface area contributed by atoms with Crippen LogP contribution in [0.1, 0.15) is 25.7 Å². The van der Waals surface area contributed by atoms with Gasteiger partial charge in [0.05, 0.1) is 5.75 Å². The van der Waals surface area contributed by atoms with Crippen LogP contribution in [0.2, 0.25) is 0 Å². The van der Waals surface area contributed by atoms with Gasteiger partial charge >= 0.3 is 0 Å². The van der Waals surface area contributed by atoms with Gasteiger partial charge in [0.25, 0.3) is 0 Å². The highest BCUT2D eigenvalue weighted by Gasteiger charge is 2.29. The maximum Gasteiger partial charge on any atom is 0.214 e. The Labute approximate surface area is 110 Å². The van der Waals surface area contributed by atoms with Gasteiger partial charge in [-0.3, -0.25) is 0 Å². The van der Waals surface area contributed by atoms with Crippen molar-refractivity contribution in [2.45, 2.75) is 25.7 Å². The molecule has 1 heterocycles. The van der Waals surface area contributed by atoms with Crippen LogP contribution in [0, 0.1) is 5.92 Å². The molecule has 0 spiro atoms. The molecule has 0 amide bonds. The summed E-state index contributed by atoms with van der Waals surface area (Å²) in [7, 11) is -3.04. The number of hydrogen-bond acceptors (Lipinski definition) is 4. The van der Waals surface area contributed by atoms with E-state index >= 15 is 0 Å². The SMILES string of the molecule is NCCCCS(=O)(=O)N1CCN(CC2CC2)CC1. The highest BCUT2D eigenvalue weighted by Crippen LogP contribution is 2.30. The van der Waals surface area contributed by atoms with Crippen molar-refractivity contribution in [3.05, 3.63) is 0 Å². The van der Waals surface area contributed by atoms with Gasteiger partial charge in [-0.1, -0.05) is 0 Å². The lowest BCUT2D eigenvalue weighted by atomic mass is 10.3. The number of rotatable bonds is 7. The van der Waals surface area contributed by atoms with Crippen molar-refractivity contribution in [1.82, 2.24) is 9.21 Å². The number of nitrogens with two attached hydrogens (primary N) is 1. The lowest BCUT2D eigenvalue weighted by molar-refractivity contribution is 0.182. The Morgan fingerprint density at radius 1 is 1.06 bits per heavy atom. The second kappa shape index (κ2) is 6.32. The molecule has 18 heavy (non-hydrogen) atoms. The summed E-state index contributed by atoms with van der Waals surface area (Å²) in [5.74, 6) is 1.14. The smallest absolute Gasteiger partial charge is 0.214 e. The minimum atomic E-state index is -3.04. The van der Waals surface area contributed by atoms with Crippen LogP contribution in [0.4, 0.5) is 0 Å². The predicted octanol–water partition coefficient (Wildman–Crippen LogP) is 0.0827. The molecule has 2 N–H and O–H groups in total. The first-order valence-corrected chi connectivity index (χ1v) is 8.63. The molecule has 0 aromatic carbocycles. The highest BCUT2D eigenvalue weighted by atomic mass is 32.2. The molecular formula is C12H25N3O2S. The van der Waals surface area contributed by atoms with Gasteiger partial charge in [-0.2, -0.15) is 4.31 Å². The Kier molecular flexibility index (Phi) is 5.00. The van der Waals surface area contributed by atoms with Crippen molar-refractivity contribution >= 4 is 10.0 Å². The van der Waals surface area contributed by atoms with Crippen LogP contribution >= 0.6 is 0 Å². The van der Waals surface area contributed by atoms with E-state index in [0.717, 1.165) is 25.4 Å². The average Bonchev–Trinajstić information content (AvgIpc) is 3.14. The Morgan fingerprint density at radius 2 is 1.72 bits per heavy atom. The van der Waals surface area contributed by atoms with Crippen molar-refractivity contribution in [2.24, 2.45) is 11.7 Å². The Balaban J connectivity index is 1.73. The number of unbranched alkanes of at least 4 members (excludes halogenated alkanes) is 1. The molecule has 2 rings (SSSR count). The summed E-state index contributed by atoms with van der Waals surface area (Å²) in [6, 6.07) is 0. The zero-order chi connectivity index (χ0) is 13.0. The topological polar surface area (TPSA) is 66.6 Å². The zero-order valence-electron chi connectivity index (χ0n) is 11.1. The number of piperazine rings is 1.